The normalized spacial score (nSPS) is 13.8. The molecule has 0 aliphatic rings. The molecule has 0 aliphatic heterocycles. The molecule has 0 aliphatic carbocycles. The van der Waals surface area contributed by atoms with E-state index in [0.29, 0.717) is 18.4 Å². The van der Waals surface area contributed by atoms with Crippen LogP contribution in [-0.2, 0) is 6.42 Å². The van der Waals surface area contributed by atoms with Gasteiger partial charge in [-0.2, -0.15) is 0 Å². The predicted molar refractivity (Wildman–Crippen MR) is 63.9 cm³/mol. The lowest BCUT2D eigenvalue weighted by Crippen LogP contribution is -2.16. The Morgan fingerprint density at radius 2 is 2.07 bits per heavy atom. The van der Waals surface area contributed by atoms with Crippen molar-refractivity contribution in [2.45, 2.75) is 13.3 Å². The van der Waals surface area contributed by atoms with Crippen LogP contribution in [0.5, 0.6) is 0 Å². The summed E-state index contributed by atoms with van der Waals surface area (Å²) >= 11 is 0. The maximum absolute atomic E-state index is 7.33. The zero-order valence-electron chi connectivity index (χ0n) is 9.77. The van der Waals surface area contributed by atoms with E-state index in [-0.39, 0.29) is 5.96 Å². The maximum Gasteiger partial charge on any atom is 0.216 e. The molecule has 0 spiro atoms. The maximum atomic E-state index is 7.33. The summed E-state index contributed by atoms with van der Waals surface area (Å²) in [7, 11) is 0. The Hall–Kier alpha value is -1.84. The van der Waals surface area contributed by atoms with Gasteiger partial charge in [0.2, 0.25) is 5.96 Å². The quantitative estimate of drug-likeness (QED) is 0.568. The van der Waals surface area contributed by atoms with Crippen molar-refractivity contribution < 1.29 is 1.37 Å². The Morgan fingerprint density at radius 1 is 1.40 bits per heavy atom. The van der Waals surface area contributed by atoms with Crippen LogP contribution < -0.4 is 11.5 Å². The fraction of sp³-hybridized carbons (Fsp3) is 0.273. The Morgan fingerprint density at radius 3 is 2.67 bits per heavy atom. The molecule has 0 radical (unpaired) electrons. The molecule has 0 heterocycles. The lowest BCUT2D eigenvalue weighted by Gasteiger charge is -1.97. The van der Waals surface area contributed by atoms with Crippen LogP contribution in [0.25, 0.3) is 0 Å². The van der Waals surface area contributed by atoms with Gasteiger partial charge in [0.05, 0.1) is 7.21 Å². The van der Waals surface area contributed by atoms with Gasteiger partial charge in [0, 0.05) is 6.54 Å². The Bertz CT molecular complexity index is 391. The topological polar surface area (TPSA) is 76.8 Å². The van der Waals surface area contributed by atoms with E-state index in [9.17, 15) is 0 Å². The molecule has 1 aromatic rings. The standard InChI is InChI=1S/C11H16N4/c1-9(12)15-11(13)14-8-7-10-5-3-2-4-6-10/h2-6H,7-8H2,1H3,(H4,12,13,14,15)/i2D. The van der Waals surface area contributed by atoms with Crippen molar-refractivity contribution in [2.24, 2.45) is 21.5 Å². The summed E-state index contributed by atoms with van der Waals surface area (Å²) < 4.78 is 7.33. The van der Waals surface area contributed by atoms with Crippen molar-refractivity contribution in [1.29, 1.82) is 0 Å². The first-order valence-electron chi connectivity index (χ1n) is 5.24. The second-order valence-corrected chi connectivity index (χ2v) is 3.15. The number of guanidine groups is 1. The number of amidine groups is 1. The van der Waals surface area contributed by atoms with Crippen LogP contribution in [-0.4, -0.2) is 18.3 Å². The molecule has 0 aromatic heterocycles. The van der Waals surface area contributed by atoms with Crippen LogP contribution in [0.3, 0.4) is 0 Å². The molecule has 1 aromatic carbocycles. The average Bonchev–Trinajstić information content (AvgIpc) is 2.20. The van der Waals surface area contributed by atoms with Gasteiger partial charge in [0.15, 0.2) is 0 Å². The van der Waals surface area contributed by atoms with Crippen LogP contribution in [0.1, 0.15) is 13.9 Å². The van der Waals surface area contributed by atoms with Gasteiger partial charge >= 0.3 is 0 Å². The van der Waals surface area contributed by atoms with E-state index in [4.69, 9.17) is 12.8 Å². The predicted octanol–water partition coefficient (Wildman–Crippen LogP) is 0.921. The van der Waals surface area contributed by atoms with Crippen LogP contribution in [0, 0.1) is 0 Å². The fourth-order valence-corrected chi connectivity index (χ4v) is 1.10. The lowest BCUT2D eigenvalue weighted by molar-refractivity contribution is 0.962. The number of hydrogen-bond donors (Lipinski definition) is 2. The first-order valence-corrected chi connectivity index (χ1v) is 4.74. The lowest BCUT2D eigenvalue weighted by atomic mass is 10.2. The van der Waals surface area contributed by atoms with E-state index < -0.39 is 0 Å². The van der Waals surface area contributed by atoms with Crippen molar-refractivity contribution in [3.8, 4) is 0 Å². The third-order valence-corrected chi connectivity index (χ3v) is 1.75. The van der Waals surface area contributed by atoms with Gasteiger partial charge in [-0.05, 0) is 18.9 Å². The van der Waals surface area contributed by atoms with E-state index in [1.165, 1.54) is 0 Å². The molecule has 4 heteroatoms. The summed E-state index contributed by atoms with van der Waals surface area (Å²) in [5, 5.41) is 0. The number of benzene rings is 1. The number of hydrogen-bond acceptors (Lipinski definition) is 1. The molecule has 0 saturated heterocycles. The largest absolute Gasteiger partial charge is 0.387 e. The van der Waals surface area contributed by atoms with Crippen molar-refractivity contribution in [3.63, 3.8) is 0 Å². The summed E-state index contributed by atoms with van der Waals surface area (Å²) in [4.78, 5) is 7.88. The molecular formula is C11H16N4. The van der Waals surface area contributed by atoms with Crippen LogP contribution >= 0.6 is 0 Å². The van der Waals surface area contributed by atoms with E-state index in [0.717, 1.165) is 12.0 Å². The first kappa shape index (κ1) is 9.71. The van der Waals surface area contributed by atoms with E-state index in [1.807, 2.05) is 12.1 Å². The highest BCUT2D eigenvalue weighted by molar-refractivity contribution is 5.93. The minimum Gasteiger partial charge on any atom is -0.387 e. The summed E-state index contributed by atoms with van der Waals surface area (Å²) in [5.41, 5.74) is 12.0. The van der Waals surface area contributed by atoms with Crippen LogP contribution in [0.15, 0.2) is 40.3 Å². The van der Waals surface area contributed by atoms with E-state index in [1.54, 1.807) is 19.1 Å². The molecular weight excluding hydrogens is 188 g/mol. The second kappa shape index (κ2) is 5.80. The molecule has 0 bridgehead atoms. The molecule has 0 atom stereocenters. The third kappa shape index (κ3) is 4.81. The SMILES string of the molecule is [2H]c1ccc(CCN=C(N)N=C(C)N)cc1. The Kier molecular flexibility index (Phi) is 3.75. The first-order chi connectivity index (χ1) is 7.58. The average molecular weight is 205 g/mol. The van der Waals surface area contributed by atoms with Crippen LogP contribution in [0.4, 0.5) is 0 Å². The molecule has 80 valence electrons. The van der Waals surface area contributed by atoms with Crippen molar-refractivity contribution in [3.05, 3.63) is 35.9 Å². The van der Waals surface area contributed by atoms with Crippen molar-refractivity contribution in [2.75, 3.05) is 6.54 Å². The molecule has 4 nitrogen and oxygen atoms in total. The van der Waals surface area contributed by atoms with Gasteiger partial charge in [-0.1, -0.05) is 30.3 Å². The Balaban J connectivity index is 2.47. The smallest absolute Gasteiger partial charge is 0.216 e. The zero-order valence-corrected chi connectivity index (χ0v) is 8.77. The molecule has 0 unspecified atom stereocenters. The molecule has 15 heavy (non-hydrogen) atoms. The summed E-state index contributed by atoms with van der Waals surface area (Å²) in [6.45, 7) is 2.23. The number of nitrogens with zero attached hydrogens (tertiary/aromatic N) is 2. The molecule has 4 N–H and O–H groups in total. The number of rotatable bonds is 3. The molecule has 0 amide bonds. The van der Waals surface area contributed by atoms with Crippen LogP contribution in [0.2, 0.25) is 0 Å². The van der Waals surface area contributed by atoms with Crippen molar-refractivity contribution >= 4 is 11.8 Å². The van der Waals surface area contributed by atoms with Gasteiger partial charge in [0.1, 0.15) is 0 Å². The van der Waals surface area contributed by atoms with Gasteiger partial charge in [0.25, 0.3) is 0 Å². The van der Waals surface area contributed by atoms with E-state index in [2.05, 4.69) is 9.98 Å². The molecule has 1 rings (SSSR count). The second-order valence-electron chi connectivity index (χ2n) is 3.15. The fourth-order valence-electron chi connectivity index (χ4n) is 1.10. The highest BCUT2D eigenvalue weighted by atomic mass is 15.1. The van der Waals surface area contributed by atoms with Gasteiger partial charge in [-0.3, -0.25) is 4.99 Å². The van der Waals surface area contributed by atoms with Crippen molar-refractivity contribution in [1.82, 2.24) is 0 Å². The number of nitrogens with two attached hydrogens (primary N) is 2. The van der Waals surface area contributed by atoms with Gasteiger partial charge < -0.3 is 11.5 Å². The zero-order chi connectivity index (χ0) is 12.0. The van der Waals surface area contributed by atoms with Gasteiger partial charge in [-0.25, -0.2) is 4.99 Å². The summed E-state index contributed by atoms with van der Waals surface area (Å²) in [5.74, 6) is 0.608. The molecule has 0 saturated carbocycles. The highest BCUT2D eigenvalue weighted by Crippen LogP contribution is 1.99. The minimum absolute atomic E-state index is 0.206. The summed E-state index contributed by atoms with van der Waals surface area (Å²) in [6.07, 6.45) is 0.778. The number of aliphatic imine (C=N–C) groups is 2. The molecule has 0 fully saturated rings. The highest BCUT2D eigenvalue weighted by Gasteiger charge is 1.91. The summed E-state index contributed by atoms with van der Waals surface area (Å²) in [6, 6.07) is 7.83. The van der Waals surface area contributed by atoms with Gasteiger partial charge in [-0.15, -0.1) is 0 Å². The Labute approximate surface area is 91.1 Å². The monoisotopic (exact) mass is 205 g/mol. The third-order valence-electron chi connectivity index (χ3n) is 1.75. The van der Waals surface area contributed by atoms with E-state index >= 15 is 0 Å². The minimum atomic E-state index is 0.206.